The Labute approximate surface area is 736 Å². The summed E-state index contributed by atoms with van der Waals surface area (Å²) in [6, 6.07) is 60.5. The van der Waals surface area contributed by atoms with Gasteiger partial charge in [0.15, 0.2) is 0 Å². The van der Waals surface area contributed by atoms with Crippen LogP contribution in [0.25, 0.3) is 114 Å². The van der Waals surface area contributed by atoms with Crippen molar-refractivity contribution < 1.29 is 112 Å². The van der Waals surface area contributed by atoms with Gasteiger partial charge in [0.2, 0.25) is 29.1 Å². The number of imide groups is 5. The van der Waals surface area contributed by atoms with Crippen LogP contribution in [0.5, 0.6) is 0 Å². The van der Waals surface area contributed by atoms with E-state index in [0.29, 0.717) is 27.8 Å². The molecule has 131 heavy (non-hydrogen) atoms. The van der Waals surface area contributed by atoms with Crippen molar-refractivity contribution in [2.45, 2.75) is 45.8 Å². The van der Waals surface area contributed by atoms with E-state index in [9.17, 15) is 69.9 Å². The highest BCUT2D eigenvalue weighted by Gasteiger charge is 2.27. The molecule has 1 fully saturated rings. The first-order valence-electron chi connectivity index (χ1n) is 38.9. The maximum atomic E-state index is 13.9. The molecule has 0 unspecified atom stereocenters. The lowest BCUT2D eigenvalue weighted by atomic mass is 10.1. The molecule has 1 aliphatic carbocycles. The predicted molar refractivity (Wildman–Crippen MR) is 451 cm³/mol. The number of alkyl carbamates (subject to hydrolysis) is 3. The van der Waals surface area contributed by atoms with Gasteiger partial charge in [0, 0.05) is 61.7 Å². The SMILES string of the molecule is CC(C)OC(=O)NC(=O)c1cccc(-c2noc(-c3ccccc3F)n2)c1.CCOC(=O)NC(=O)c1cccc(-c2noc(-c3ccccc3F)n2)c1.COC(=O)NC(=O)c1cccc(-c2noc(-c3ccccc3F)n2)c1.CONC(=O)NC(=O)c1cccc(-c2noc(-c3ccccc3F)n2)c1.O=C(NC(=O)c1cccc(-c2noc(-c3ccccc3F)n2)c1)NC1CC1. The van der Waals surface area contributed by atoms with Crippen molar-refractivity contribution in [3.63, 3.8) is 0 Å². The van der Waals surface area contributed by atoms with Gasteiger partial charge in [0.1, 0.15) is 29.1 Å². The monoisotopic (exact) mass is 1790 g/mol. The third-order valence-electron chi connectivity index (χ3n) is 17.6. The second kappa shape index (κ2) is 44.2. The number of nitrogens with one attached hydrogen (secondary N) is 7. The largest absolute Gasteiger partial charge is 0.453 e. The maximum absolute atomic E-state index is 13.9. The molecule has 0 radical (unpaired) electrons. The molecule has 0 saturated heterocycles. The number of nitrogens with zero attached hydrogens (tertiary/aromatic N) is 10. The van der Waals surface area contributed by atoms with E-state index in [1.165, 1.54) is 122 Å². The lowest BCUT2D eigenvalue weighted by Crippen LogP contribution is -2.40. The molecule has 1 saturated carbocycles. The smallest absolute Gasteiger partial charge is 0.414 e. The van der Waals surface area contributed by atoms with Gasteiger partial charge < -0.3 is 42.1 Å². The number of urea groups is 2. The minimum Gasteiger partial charge on any atom is -0.453 e. The number of amides is 12. The van der Waals surface area contributed by atoms with E-state index in [2.05, 4.69) is 91.6 Å². The Morgan fingerprint density at radius 2 is 0.603 bits per heavy atom. The Balaban J connectivity index is 0.000000148. The van der Waals surface area contributed by atoms with E-state index in [-0.39, 0.29) is 133 Å². The summed E-state index contributed by atoms with van der Waals surface area (Å²) in [5, 5.41) is 32.4. The second-order valence-electron chi connectivity index (χ2n) is 27.2. The number of aromatic nitrogens is 10. The predicted octanol–water partition coefficient (Wildman–Crippen LogP) is 16.0. The summed E-state index contributed by atoms with van der Waals surface area (Å²) in [6.45, 7) is 5.14. The van der Waals surface area contributed by atoms with Crippen molar-refractivity contribution in [2.24, 2.45) is 0 Å². The van der Waals surface area contributed by atoms with Gasteiger partial charge in [0.25, 0.3) is 59.0 Å². The molecule has 41 heteroatoms. The molecule has 15 aromatic rings. The molecule has 16 rings (SSSR count). The van der Waals surface area contributed by atoms with E-state index < -0.39 is 89.0 Å². The normalized spacial score (nSPS) is 11.0. The molecule has 664 valence electrons. The Kier molecular flexibility index (Phi) is 31.2. The summed E-state index contributed by atoms with van der Waals surface area (Å²) in [7, 11) is 2.40. The van der Waals surface area contributed by atoms with E-state index in [4.69, 9.17) is 27.4 Å². The quantitative estimate of drug-likeness (QED) is 0.0225. The van der Waals surface area contributed by atoms with Crippen LogP contribution in [0, 0.1) is 29.1 Å². The average molecular weight is 1790 g/mol. The van der Waals surface area contributed by atoms with Gasteiger partial charge in [-0.1, -0.05) is 147 Å². The van der Waals surface area contributed by atoms with Crippen molar-refractivity contribution in [1.82, 2.24) is 88.1 Å². The summed E-state index contributed by atoms with van der Waals surface area (Å²) < 4.78 is 109. The maximum Gasteiger partial charge on any atom is 0.414 e. The fourth-order valence-corrected chi connectivity index (χ4v) is 11.3. The van der Waals surface area contributed by atoms with E-state index >= 15 is 0 Å². The Hall–Kier alpha value is -17.8. The van der Waals surface area contributed by atoms with Crippen LogP contribution in [0.4, 0.5) is 45.9 Å². The van der Waals surface area contributed by atoms with Crippen LogP contribution >= 0.6 is 0 Å². The molecule has 0 atom stereocenters. The number of hydrogen-bond donors (Lipinski definition) is 7. The molecule has 12 amide bonds. The minimum atomic E-state index is -0.864. The fraction of sp³-hybridized carbons (Fsp3) is 0.111. The van der Waals surface area contributed by atoms with Gasteiger partial charge in [-0.15, -0.1) is 0 Å². The molecule has 5 aromatic heterocycles. The Morgan fingerprint density at radius 3 is 0.855 bits per heavy atom. The highest BCUT2D eigenvalue weighted by atomic mass is 19.1. The molecular weight excluding hydrogens is 1720 g/mol. The van der Waals surface area contributed by atoms with Gasteiger partial charge in [-0.3, -0.25) is 55.4 Å². The number of hydrogen-bond acceptors (Lipinski definition) is 29. The van der Waals surface area contributed by atoms with Crippen LogP contribution in [0.15, 0.2) is 265 Å². The number of ether oxygens (including phenoxy) is 3. The number of carbonyl (C=O) groups is 10. The standard InChI is InChI=1S/C19H15FN4O3.C19H16FN3O4.C18H14FN3O4.C17H13FN4O4.C17H12FN3O4/c20-15-7-2-1-6-14(15)18-22-16(24-27-18)11-4-3-5-12(10-11)17(25)23-19(26)21-13-8-9-13;1-11(2)26-19(25)22-17(24)13-7-5-6-12(10-13)16-21-18(27-23-16)14-8-3-4-9-15(14)20;1-2-25-18(24)21-16(23)12-7-5-6-11(10-12)15-20-17(26-22-15)13-8-3-4-9-14(13)19;1-25-22-17(24)20-15(23)11-6-4-5-10(9-11)14-19-16(26-21-14)12-7-2-3-8-13(12)18;1-24-17(23)20-15(22)11-6-4-5-10(9-11)14-19-16(25-21-14)12-7-2-3-8-13(12)18/h1-7,10,13H,8-9H2,(H2,21,23,25,26);3-11H,1-2H3,(H,22,24,25);3-10H,2H2,1H3,(H,21,23,24);2-9H,1H3,(H2,20,22,23,24);2-9H,1H3,(H,20,22,23). The van der Waals surface area contributed by atoms with Gasteiger partial charge in [0.05, 0.1) is 54.7 Å². The topological polar surface area (TPSA) is 486 Å². The molecule has 1 aliphatic rings. The van der Waals surface area contributed by atoms with Gasteiger partial charge in [-0.2, -0.15) is 24.9 Å². The molecule has 0 bridgehead atoms. The van der Waals surface area contributed by atoms with Gasteiger partial charge in [-0.25, -0.2) is 51.4 Å². The molecular formula is C90H70F5N17O19. The van der Waals surface area contributed by atoms with Crippen molar-refractivity contribution in [1.29, 1.82) is 0 Å². The zero-order chi connectivity index (χ0) is 93.0. The summed E-state index contributed by atoms with van der Waals surface area (Å²) in [5.74, 6) is -4.36. The third kappa shape index (κ3) is 25.5. The van der Waals surface area contributed by atoms with Crippen LogP contribution in [0.2, 0.25) is 0 Å². The van der Waals surface area contributed by atoms with Crippen LogP contribution in [0.3, 0.4) is 0 Å². The number of carbonyl (C=O) groups excluding carboxylic acids is 10. The summed E-state index contributed by atoms with van der Waals surface area (Å²) in [4.78, 5) is 143. The highest BCUT2D eigenvalue weighted by Crippen LogP contribution is 2.32. The van der Waals surface area contributed by atoms with Crippen molar-refractivity contribution in [2.75, 3.05) is 20.8 Å². The van der Waals surface area contributed by atoms with E-state index in [1.54, 1.807) is 148 Å². The molecule has 7 N–H and O–H groups in total. The van der Waals surface area contributed by atoms with Crippen molar-refractivity contribution in [3.05, 3.63) is 300 Å². The summed E-state index contributed by atoms with van der Waals surface area (Å²) >= 11 is 0. The first-order chi connectivity index (χ1) is 63.3. The molecule has 36 nitrogen and oxygen atoms in total. The lowest BCUT2D eigenvalue weighted by molar-refractivity contribution is 0.0867. The first kappa shape index (κ1) is 92.4. The number of benzene rings is 10. The summed E-state index contributed by atoms with van der Waals surface area (Å²) in [5.41, 5.74) is 6.42. The number of rotatable bonds is 19. The molecule has 5 heterocycles. The number of methoxy groups -OCH3 is 1. The van der Waals surface area contributed by atoms with Crippen molar-refractivity contribution >= 4 is 59.9 Å². The van der Waals surface area contributed by atoms with Crippen LogP contribution in [0.1, 0.15) is 85.4 Å². The van der Waals surface area contributed by atoms with E-state index in [0.717, 1.165) is 20.0 Å². The number of hydroxylamine groups is 1. The second-order valence-corrected chi connectivity index (χ2v) is 27.2. The van der Waals surface area contributed by atoms with Crippen LogP contribution in [-0.2, 0) is 19.0 Å². The Morgan fingerprint density at radius 1 is 0.344 bits per heavy atom. The fourth-order valence-electron chi connectivity index (χ4n) is 11.3. The zero-order valence-corrected chi connectivity index (χ0v) is 69.0. The molecule has 10 aromatic carbocycles. The first-order valence-corrected chi connectivity index (χ1v) is 38.9. The zero-order valence-electron chi connectivity index (χ0n) is 69.0. The lowest BCUT2D eigenvalue weighted by Gasteiger charge is -2.08. The third-order valence-corrected chi connectivity index (χ3v) is 17.6. The minimum absolute atomic E-state index is 0.0208. The number of halogens is 5. The van der Waals surface area contributed by atoms with Crippen LogP contribution in [-0.4, -0.2) is 144 Å². The van der Waals surface area contributed by atoms with Gasteiger partial charge in [-0.05, 0) is 155 Å². The average Bonchev–Trinajstić information content (AvgIpc) is 1.71. The van der Waals surface area contributed by atoms with Crippen molar-refractivity contribution in [3.8, 4) is 114 Å². The van der Waals surface area contributed by atoms with E-state index in [1.807, 2.05) is 10.8 Å². The Bertz CT molecular complexity index is 6370. The van der Waals surface area contributed by atoms with Gasteiger partial charge >= 0.3 is 30.3 Å². The molecule has 0 spiro atoms. The molecule has 0 aliphatic heterocycles. The highest BCUT2D eigenvalue weighted by molar-refractivity contribution is 6.07. The van der Waals surface area contributed by atoms with Crippen LogP contribution < -0.4 is 37.4 Å². The summed E-state index contributed by atoms with van der Waals surface area (Å²) in [6.07, 6.45) is -1.01.